The Morgan fingerprint density at radius 1 is 0.326 bits per heavy atom. The van der Waals surface area contributed by atoms with Crippen molar-refractivity contribution < 1.29 is 7.83 Å². The number of hydrogen-bond acceptors (Lipinski definition) is 6. The van der Waals surface area contributed by atoms with Crippen molar-refractivity contribution in [3.8, 4) is 0 Å². The molecule has 0 spiro atoms. The minimum absolute atomic E-state index is 0.236. The van der Waals surface area contributed by atoms with Gasteiger partial charge in [0.2, 0.25) is 0 Å². The van der Waals surface area contributed by atoms with Crippen molar-refractivity contribution in [1.82, 2.24) is 29.9 Å². The van der Waals surface area contributed by atoms with Gasteiger partial charge in [0, 0.05) is 0 Å². The minimum atomic E-state index is -5.80. The Hall–Kier alpha value is -4.50. The van der Waals surface area contributed by atoms with E-state index in [-0.39, 0.29) is 13.9 Å². The molecule has 3 aromatic carbocycles. The second-order valence-corrected chi connectivity index (χ2v) is 24.9. The Bertz CT molecular complexity index is 2460. The van der Waals surface area contributed by atoms with E-state index in [2.05, 4.69) is 15.0 Å². The molecule has 0 radical (unpaired) electrons. The van der Waals surface area contributed by atoms with Gasteiger partial charge in [0.05, 0.1) is 0 Å². The maximum absolute atomic E-state index is 8.10. The zero-order valence-corrected chi connectivity index (χ0v) is 27.1. The second kappa shape index (κ2) is 9.28. The van der Waals surface area contributed by atoms with Gasteiger partial charge >= 0.3 is 275 Å². The van der Waals surface area contributed by atoms with E-state index >= 15 is 0 Å². The zero-order chi connectivity index (χ0) is 31.2. The predicted molar refractivity (Wildman–Crippen MR) is 188 cm³/mol. The van der Waals surface area contributed by atoms with Crippen molar-refractivity contribution in [2.24, 2.45) is 0 Å². The summed E-state index contributed by atoms with van der Waals surface area (Å²) in [6.45, 7) is 0. The number of rotatable bonds is 3. The third-order valence-electron chi connectivity index (χ3n) is 8.25. The summed E-state index contributed by atoms with van der Waals surface area (Å²) in [6.07, 6.45) is 5.21. The zero-order valence-electron chi connectivity index (χ0n) is 23.8. The number of pyridine rings is 6. The van der Waals surface area contributed by atoms with Gasteiger partial charge in [-0.2, -0.15) is 0 Å². The molecule has 9 aromatic rings. The monoisotopic (exact) mass is 701 g/mol. The SMILES string of the molecule is [Cl][Co]([Cl])([Cl])([c]1ccc2ccc3cccnc3c2n1)([c]1ccc2ccc3cccnc3c2n1)[c]1ccc2ccc3cccnc3c2n1. The first-order valence-electron chi connectivity index (χ1n) is 14.2. The number of aromatic nitrogens is 6. The fourth-order valence-electron chi connectivity index (χ4n) is 5.93. The standard InChI is InChI=1S/3C12H7N2.3ClH.Co/c3*1-3-9-5-6-10-4-2-8-14-12(10)11(9)13-7-1;;;;/h3*1-7H;3*1H;/q;;;;;;+3/p-3. The van der Waals surface area contributed by atoms with Crippen LogP contribution < -0.4 is 13.9 Å². The molecule has 6 aromatic heterocycles. The van der Waals surface area contributed by atoms with E-state index in [4.69, 9.17) is 45.4 Å². The van der Waals surface area contributed by atoms with Crippen LogP contribution in [0.15, 0.2) is 128 Å². The predicted octanol–water partition coefficient (Wildman–Crippen LogP) is 7.94. The first-order chi connectivity index (χ1) is 22.2. The molecule has 0 aliphatic heterocycles. The molecule has 6 heterocycles. The molecule has 225 valence electrons. The molecule has 6 nitrogen and oxygen atoms in total. The summed E-state index contributed by atoms with van der Waals surface area (Å²) >= 11 is 0. The molecule has 9 rings (SSSR count). The quantitative estimate of drug-likeness (QED) is 0.174. The van der Waals surface area contributed by atoms with Gasteiger partial charge < -0.3 is 0 Å². The van der Waals surface area contributed by atoms with Gasteiger partial charge in [0.1, 0.15) is 0 Å². The van der Waals surface area contributed by atoms with Crippen LogP contribution in [-0.2, 0) is 7.83 Å². The Balaban J connectivity index is 1.45. The van der Waals surface area contributed by atoms with Crippen LogP contribution in [0.4, 0.5) is 0 Å². The van der Waals surface area contributed by atoms with E-state index in [0.29, 0.717) is 33.1 Å². The van der Waals surface area contributed by atoms with Gasteiger partial charge in [-0.25, -0.2) is 0 Å². The van der Waals surface area contributed by atoms with E-state index in [9.17, 15) is 0 Å². The molecule has 46 heavy (non-hydrogen) atoms. The first kappa shape index (κ1) is 27.8. The number of hydrogen-bond donors (Lipinski definition) is 0. The Labute approximate surface area is 273 Å². The maximum atomic E-state index is 8.10. The molecule has 0 atom stereocenters. The van der Waals surface area contributed by atoms with Crippen molar-refractivity contribution in [1.29, 1.82) is 0 Å². The average molecular weight is 703 g/mol. The molecule has 0 bridgehead atoms. The third kappa shape index (κ3) is 3.78. The molecule has 0 aliphatic rings. The molecular weight excluding hydrogens is 682 g/mol. The van der Waals surface area contributed by atoms with Gasteiger partial charge in [-0.15, -0.1) is 0 Å². The molecule has 0 unspecified atom stereocenters. The summed E-state index contributed by atoms with van der Waals surface area (Å²) < 4.78 is 0.707. The second-order valence-electron chi connectivity index (χ2n) is 10.9. The molecule has 0 saturated heterocycles. The van der Waals surface area contributed by atoms with E-state index in [1.165, 1.54) is 0 Å². The molecule has 0 saturated carbocycles. The Kier molecular flexibility index (Phi) is 5.61. The van der Waals surface area contributed by atoms with Crippen LogP contribution in [0.2, 0.25) is 0 Å². The summed E-state index contributed by atoms with van der Waals surface area (Å²) in [7, 11) is 18.5. The van der Waals surface area contributed by atoms with Crippen molar-refractivity contribution in [2.75, 3.05) is 0 Å². The van der Waals surface area contributed by atoms with Gasteiger partial charge in [0.15, 0.2) is 0 Å². The normalized spacial score (nSPS) is 13.9. The number of fused-ring (bicyclic) bond motifs is 9. The van der Waals surface area contributed by atoms with Gasteiger partial charge in [-0.3, -0.25) is 0 Å². The molecular formula is C36H21Cl3CoN6. The summed E-state index contributed by atoms with van der Waals surface area (Å²) in [4.78, 5) is 29.4. The third-order valence-corrected chi connectivity index (χ3v) is 17.3. The number of nitrogens with zero attached hydrogens (tertiary/aromatic N) is 6. The Morgan fingerprint density at radius 2 is 0.587 bits per heavy atom. The number of benzene rings is 3. The van der Waals surface area contributed by atoms with Gasteiger partial charge in [-0.1, -0.05) is 0 Å². The topological polar surface area (TPSA) is 77.3 Å². The van der Waals surface area contributed by atoms with Crippen molar-refractivity contribution in [3.05, 3.63) is 128 Å². The van der Waals surface area contributed by atoms with E-state index < -0.39 is 7.83 Å². The summed E-state index contributed by atoms with van der Waals surface area (Å²) in [5.74, 6) is 0. The molecule has 0 aliphatic carbocycles. The number of halogens is 3. The average Bonchev–Trinajstić information content (AvgIpc) is 3.10. The van der Waals surface area contributed by atoms with Crippen molar-refractivity contribution in [2.45, 2.75) is 0 Å². The van der Waals surface area contributed by atoms with Crippen LogP contribution in [0.5, 0.6) is 0 Å². The van der Waals surface area contributed by atoms with Crippen LogP contribution in [0.1, 0.15) is 0 Å². The summed E-state index contributed by atoms with van der Waals surface area (Å²) in [5.41, 5.74) is 3.98. The van der Waals surface area contributed by atoms with Crippen LogP contribution in [0.25, 0.3) is 65.4 Å². The fraction of sp³-hybridized carbons (Fsp3) is 0. The van der Waals surface area contributed by atoms with E-state index in [1.54, 1.807) is 36.8 Å². The van der Waals surface area contributed by atoms with Crippen molar-refractivity contribution in [3.63, 3.8) is 0 Å². The molecule has 0 amide bonds. The van der Waals surface area contributed by atoms with Gasteiger partial charge in [0.25, 0.3) is 0 Å². The van der Waals surface area contributed by atoms with Crippen LogP contribution in [0.3, 0.4) is 0 Å². The first-order valence-corrected chi connectivity index (χ1v) is 20.1. The molecule has 0 fully saturated rings. The van der Waals surface area contributed by atoms with Crippen molar-refractivity contribution >= 4 is 110 Å². The van der Waals surface area contributed by atoms with Gasteiger partial charge in [-0.05, 0) is 0 Å². The molecule has 0 N–H and O–H groups in total. The van der Waals surface area contributed by atoms with E-state index in [1.807, 2.05) is 91.0 Å². The fourth-order valence-corrected chi connectivity index (χ4v) is 11.8. The Morgan fingerprint density at radius 3 is 0.891 bits per heavy atom. The van der Waals surface area contributed by atoms with Crippen LogP contribution >= 0.6 is 30.4 Å². The summed E-state index contributed by atoms with van der Waals surface area (Å²) in [6, 6.07) is 34.7. The van der Waals surface area contributed by atoms with E-state index in [0.717, 1.165) is 32.3 Å². The molecule has 10 heteroatoms. The summed E-state index contributed by atoms with van der Waals surface area (Å²) in [5, 5.41) is 5.38. The van der Waals surface area contributed by atoms with Crippen LogP contribution in [-0.4, -0.2) is 29.9 Å². The van der Waals surface area contributed by atoms with Crippen LogP contribution in [0, 0.1) is 0 Å².